The van der Waals surface area contributed by atoms with Gasteiger partial charge in [-0.05, 0) is 172 Å². The smallest absolute Gasteiger partial charge is 0.408 e. The molecule has 1 unspecified atom stereocenters. The Kier molecular flexibility index (Phi) is 24.0. The number of hydrogen-bond acceptors (Lipinski definition) is 21. The molecule has 568 valence electrons. The van der Waals surface area contributed by atoms with Crippen molar-refractivity contribution < 1.29 is 62.3 Å². The minimum atomic E-state index is -1.20. The van der Waals surface area contributed by atoms with Crippen LogP contribution in [0.5, 0.6) is 0 Å². The van der Waals surface area contributed by atoms with E-state index in [1.54, 1.807) is 68.2 Å². The summed E-state index contributed by atoms with van der Waals surface area (Å²) in [4.78, 5) is 105. The quantitative estimate of drug-likeness (QED) is 0.0350. The Morgan fingerprint density at radius 3 is 2.05 bits per heavy atom. The minimum Gasteiger partial charge on any atom is -0.468 e. The van der Waals surface area contributed by atoms with Gasteiger partial charge in [0.05, 0.1) is 70.1 Å². The van der Waals surface area contributed by atoms with Gasteiger partial charge in [0.1, 0.15) is 35.4 Å². The van der Waals surface area contributed by atoms with Crippen LogP contribution in [0, 0.1) is 16.7 Å². The number of esters is 2. The molecule has 0 aliphatic carbocycles. The molecule has 2 fully saturated rings. The minimum absolute atomic E-state index is 0.00455. The van der Waals surface area contributed by atoms with E-state index < -0.39 is 88.2 Å². The lowest BCUT2D eigenvalue weighted by Gasteiger charge is -2.39. The number of fused-ring (bicyclic) bond motifs is 7. The number of rotatable bonds is 20. The van der Waals surface area contributed by atoms with Gasteiger partial charge in [0.2, 0.25) is 0 Å². The summed E-state index contributed by atoms with van der Waals surface area (Å²) in [6, 6.07) is 16.4. The van der Waals surface area contributed by atoms with Gasteiger partial charge in [0.15, 0.2) is 0 Å². The number of aliphatic hydroxyl groups excluding tert-OH is 1. The number of thiazole rings is 2. The number of nitrogens with one attached hydrogen (secondary N) is 4. The topological polar surface area (TPSA) is 294 Å². The molecule has 5 N–H and O–H groups in total. The highest BCUT2D eigenvalue weighted by Gasteiger charge is 2.41. The summed E-state index contributed by atoms with van der Waals surface area (Å²) in [6.07, 6.45) is 3.81. The predicted octanol–water partition coefficient (Wildman–Crippen LogP) is 12.4. The number of alkyl carbamates (subject to hydrolysis) is 2. The molecule has 27 heteroatoms. The number of aliphatic hydroxyl groups is 1. The average Bonchev–Trinajstić information content (AvgIpc) is 1.59. The molecule has 2 saturated heterocycles. The van der Waals surface area contributed by atoms with Crippen molar-refractivity contribution in [2.75, 3.05) is 47.6 Å². The molecule has 2 aromatic carbocycles. The van der Waals surface area contributed by atoms with Crippen molar-refractivity contribution in [3.8, 4) is 45.0 Å². The second kappa shape index (κ2) is 32.4. The molecule has 0 saturated carbocycles. The van der Waals surface area contributed by atoms with E-state index in [0.717, 1.165) is 72.3 Å². The Labute approximate surface area is 627 Å². The summed E-state index contributed by atoms with van der Waals surface area (Å²) < 4.78 is 39.5. The van der Waals surface area contributed by atoms with Crippen LogP contribution in [0.4, 0.5) is 9.59 Å². The fraction of sp³-hybridized carbons (Fsp3) is 0.519. The highest BCUT2D eigenvalue weighted by molar-refractivity contribution is 7.10. The molecule has 25 nitrogen and oxygen atoms in total. The molecule has 106 heavy (non-hydrogen) atoms. The molecule has 0 radical (unpaired) electrons. The summed E-state index contributed by atoms with van der Waals surface area (Å²) in [7, 11) is 4.62. The summed E-state index contributed by atoms with van der Waals surface area (Å²) in [6.45, 7) is 26.1. The van der Waals surface area contributed by atoms with E-state index in [2.05, 4.69) is 87.8 Å². The second-order valence-electron chi connectivity index (χ2n) is 31.5. The fourth-order valence-corrected chi connectivity index (χ4v) is 16.1. The highest BCUT2D eigenvalue weighted by atomic mass is 32.1. The predicted molar refractivity (Wildman–Crippen MR) is 407 cm³/mol. The van der Waals surface area contributed by atoms with Gasteiger partial charge in [0, 0.05) is 132 Å². The summed E-state index contributed by atoms with van der Waals surface area (Å²) >= 11 is 2.72. The van der Waals surface area contributed by atoms with E-state index in [4.69, 9.17) is 48.4 Å². The van der Waals surface area contributed by atoms with Crippen LogP contribution in [0.2, 0.25) is 0 Å². The molecule has 8 aromatic rings. The van der Waals surface area contributed by atoms with E-state index in [9.17, 15) is 24.3 Å². The highest BCUT2D eigenvalue weighted by Crippen LogP contribution is 2.45. The van der Waals surface area contributed by atoms with Crippen molar-refractivity contribution in [3.63, 3.8) is 0 Å². The molecule has 6 bridgehead atoms. The van der Waals surface area contributed by atoms with Crippen LogP contribution in [-0.4, -0.2) is 163 Å². The standard InChI is InChI=1S/C79H102N12O13S2/c1-17-88-62-26-24-48-34-52(62)55(68(88)50-21-18-29-80-66(50)45(2)99-14)39-79(12,13)44-102-73(96)59-33-47(40-91(87-59)71(94)58(37-65-83-60(48)41-106-65)85-75(98)104-77(7,8)9)28-32-89-63-27-25-49(35-53(63)54(38-78(10,11)43-92)69(89)51-22-19-30-81-67(51)46(3)100-15)61-42-105-64(82-61)36-57(84-74(97)103-76(4,5)6)70(93)90-31-20-23-56(86-90)72(95)101-16/h18-19,21-22,24-27,29-30,34-35,41-42,45-47,56-59,86-87,92H,17,20,23,28,31-33,36-40,43-44H2,1-16H3,(H,84,97)(H,85,98)/t45-,46-,47?,56-,57-,58-,59-/m0/s1. The van der Waals surface area contributed by atoms with Gasteiger partial charge in [-0.15, -0.1) is 22.7 Å². The Bertz CT molecular complexity index is 4540. The maximum absolute atomic E-state index is 15.6. The second-order valence-corrected chi connectivity index (χ2v) is 33.4. The average molecular weight is 1490 g/mol. The normalized spacial score (nSPS) is 19.1. The number of hydrogen-bond donors (Lipinski definition) is 5. The first-order valence-corrected chi connectivity index (χ1v) is 38.2. The molecule has 3 aliphatic rings. The number of cyclic esters (lactones) is 1. The molecule has 0 spiro atoms. The van der Waals surface area contributed by atoms with Gasteiger partial charge in [-0.3, -0.25) is 39.2 Å². The lowest BCUT2D eigenvalue weighted by molar-refractivity contribution is -0.157. The summed E-state index contributed by atoms with van der Waals surface area (Å²) in [5.74, 6) is -2.37. The molecule has 7 atom stereocenters. The van der Waals surface area contributed by atoms with Gasteiger partial charge < -0.3 is 53.3 Å². The largest absolute Gasteiger partial charge is 0.468 e. The van der Waals surface area contributed by atoms with E-state index in [0.29, 0.717) is 78.8 Å². The Balaban J connectivity index is 0.980. The zero-order chi connectivity index (χ0) is 76.3. The fourth-order valence-electron chi connectivity index (χ4n) is 14.4. The number of amides is 4. The summed E-state index contributed by atoms with van der Waals surface area (Å²) in [5, 5.41) is 26.6. The third-order valence-corrected chi connectivity index (χ3v) is 21.4. The van der Waals surface area contributed by atoms with E-state index in [1.807, 2.05) is 62.7 Å². The van der Waals surface area contributed by atoms with Gasteiger partial charge in [-0.2, -0.15) is 0 Å². The molecule has 6 aromatic heterocycles. The van der Waals surface area contributed by atoms with Crippen LogP contribution in [0.15, 0.2) is 83.8 Å². The molecular formula is C79H102N12O13S2. The maximum Gasteiger partial charge on any atom is 0.408 e. The number of nitrogens with zero attached hydrogens (tertiary/aromatic N) is 8. The van der Waals surface area contributed by atoms with Crippen LogP contribution in [-0.2, 0) is 86.4 Å². The Hall–Kier alpha value is -8.70. The number of carbonyl (C=O) groups excluding carboxylic acids is 6. The zero-order valence-electron chi connectivity index (χ0n) is 63.8. The van der Waals surface area contributed by atoms with Crippen LogP contribution in [0.1, 0.15) is 160 Å². The number of ether oxygens (including phenoxy) is 6. The van der Waals surface area contributed by atoms with E-state index >= 15 is 9.59 Å². The van der Waals surface area contributed by atoms with Gasteiger partial charge in [0.25, 0.3) is 11.8 Å². The van der Waals surface area contributed by atoms with E-state index in [1.165, 1.54) is 39.8 Å². The molecule has 11 rings (SSSR count). The number of hydrazine groups is 2. The van der Waals surface area contributed by atoms with Crippen molar-refractivity contribution in [1.29, 1.82) is 0 Å². The van der Waals surface area contributed by atoms with Gasteiger partial charge in [-0.1, -0.05) is 39.8 Å². The SMILES string of the molecule is CCn1c(-c2cccnc2[C@H](C)OC)c2c3cc(ccc31)-c1csc(n1)C[C@H](NC(=O)OC(C)(C)C)C(=O)N1CC(CCn3c(-c4cccnc4[C@H](C)OC)c(CC(C)(C)CO)c4cc(-c5csc(C[C@H](NC(=O)OC(C)(C)C)C(=O)N6CCC[C@@H](C(=O)OC)N6)n5)ccc43)C[C@H](N1)C(=O)OCC(C)(C)C2. The molecule has 9 heterocycles. The van der Waals surface area contributed by atoms with Crippen LogP contribution < -0.4 is 21.5 Å². The Morgan fingerprint density at radius 1 is 0.792 bits per heavy atom. The lowest BCUT2D eigenvalue weighted by Crippen LogP contribution is -2.62. The molecular weight excluding hydrogens is 1390 g/mol. The number of methoxy groups -OCH3 is 3. The third kappa shape index (κ3) is 17.9. The number of pyridine rings is 2. The zero-order valence-corrected chi connectivity index (χ0v) is 65.4. The molecule has 3 aliphatic heterocycles. The number of carbonyl (C=O) groups is 6. The first-order chi connectivity index (χ1) is 50.3. The first-order valence-electron chi connectivity index (χ1n) is 36.4. The third-order valence-electron chi connectivity index (χ3n) is 19.7. The van der Waals surface area contributed by atoms with Crippen molar-refractivity contribution in [1.82, 2.24) is 60.6 Å². The maximum atomic E-state index is 15.6. The first kappa shape index (κ1) is 78.4. The Morgan fingerprint density at radius 2 is 1.42 bits per heavy atom. The van der Waals surface area contributed by atoms with Crippen LogP contribution >= 0.6 is 22.7 Å². The number of aryl methyl sites for hydroxylation is 2. The van der Waals surface area contributed by atoms with Crippen molar-refractivity contribution >= 4 is 80.4 Å². The number of aromatic nitrogens is 6. The molecule has 4 amide bonds. The van der Waals surface area contributed by atoms with Crippen LogP contribution in [0.25, 0.3) is 66.8 Å². The monoisotopic (exact) mass is 1490 g/mol. The van der Waals surface area contributed by atoms with Crippen molar-refractivity contribution in [3.05, 3.63) is 116 Å². The van der Waals surface area contributed by atoms with Crippen molar-refractivity contribution in [2.24, 2.45) is 16.7 Å². The number of benzene rings is 2. The van der Waals surface area contributed by atoms with Gasteiger partial charge >= 0.3 is 24.1 Å². The lowest BCUT2D eigenvalue weighted by atomic mass is 9.84. The van der Waals surface area contributed by atoms with Crippen molar-refractivity contribution in [2.45, 2.75) is 202 Å². The summed E-state index contributed by atoms with van der Waals surface area (Å²) in [5.41, 5.74) is 15.2. The van der Waals surface area contributed by atoms with Crippen LogP contribution in [0.3, 0.4) is 0 Å². The van der Waals surface area contributed by atoms with Gasteiger partial charge in [-0.25, -0.2) is 30.4 Å². The van der Waals surface area contributed by atoms with E-state index in [-0.39, 0.29) is 51.0 Å².